The molecule has 7 heteroatoms. The van der Waals surface area contributed by atoms with E-state index >= 15 is 0 Å². The summed E-state index contributed by atoms with van der Waals surface area (Å²) in [5.74, 6) is 0.591. The highest BCUT2D eigenvalue weighted by Crippen LogP contribution is 2.40. The van der Waals surface area contributed by atoms with Gasteiger partial charge in [0.25, 0.3) is 0 Å². The molecule has 0 bridgehead atoms. The third-order valence-electron chi connectivity index (χ3n) is 11.2. The van der Waals surface area contributed by atoms with Gasteiger partial charge in [0.1, 0.15) is 16.6 Å². The van der Waals surface area contributed by atoms with Crippen LogP contribution < -0.4 is 4.90 Å². The van der Waals surface area contributed by atoms with Gasteiger partial charge in [0, 0.05) is 56.8 Å². The predicted molar refractivity (Wildman–Crippen MR) is 238 cm³/mol. The average Bonchev–Trinajstić information content (AvgIpc) is 3.91. The summed E-state index contributed by atoms with van der Waals surface area (Å²) < 4.78 is 12.2. The smallest absolute Gasteiger partial charge is 0.227 e. The summed E-state index contributed by atoms with van der Waals surface area (Å²) in [5, 5.41) is 17.1. The van der Waals surface area contributed by atoms with Crippen molar-refractivity contribution in [2.45, 2.75) is 0 Å². The highest BCUT2D eigenvalue weighted by molar-refractivity contribution is 6.09. The molecule has 0 radical (unpaired) electrons. The predicted octanol–water partition coefficient (Wildman–Crippen LogP) is 13.8. The Morgan fingerprint density at radius 1 is 0.390 bits per heavy atom. The van der Waals surface area contributed by atoms with Crippen molar-refractivity contribution >= 4 is 82.5 Å². The molecule has 0 atom stereocenters. The van der Waals surface area contributed by atoms with Gasteiger partial charge in [0.2, 0.25) is 5.89 Å². The van der Waals surface area contributed by atoms with Crippen LogP contribution in [0.15, 0.2) is 197 Å². The largest absolute Gasteiger partial charge is 0.454 e. The second-order valence-electron chi connectivity index (χ2n) is 14.8. The lowest BCUT2D eigenvalue weighted by Gasteiger charge is -2.26. The molecule has 8 aromatic carbocycles. The number of benzene rings is 8. The summed E-state index contributed by atoms with van der Waals surface area (Å²) in [4.78, 5) is 11.8. The highest BCUT2D eigenvalue weighted by Gasteiger charge is 2.17. The number of rotatable bonds is 6. The number of nitrogens with zero attached hydrogens (tertiary/aromatic N) is 5. The molecule has 4 heterocycles. The molecule has 12 rings (SSSR count). The van der Waals surface area contributed by atoms with E-state index in [4.69, 9.17) is 18.8 Å². The maximum atomic E-state index is 6.13. The molecule has 0 saturated carbocycles. The zero-order valence-electron chi connectivity index (χ0n) is 31.5. The second kappa shape index (κ2) is 13.2. The lowest BCUT2D eigenvalue weighted by Crippen LogP contribution is -2.10. The van der Waals surface area contributed by atoms with Crippen LogP contribution in [0.4, 0.5) is 17.1 Å². The highest BCUT2D eigenvalue weighted by atomic mass is 16.3. The first-order valence-electron chi connectivity index (χ1n) is 19.5. The van der Waals surface area contributed by atoms with E-state index in [-0.39, 0.29) is 0 Å². The Balaban J connectivity index is 0.929. The zero-order valence-corrected chi connectivity index (χ0v) is 31.5. The Kier molecular flexibility index (Phi) is 7.40. The van der Waals surface area contributed by atoms with E-state index in [1.165, 1.54) is 21.5 Å². The Morgan fingerprint density at radius 2 is 1.05 bits per heavy atom. The molecule has 12 aromatic rings. The van der Waals surface area contributed by atoms with Crippen molar-refractivity contribution in [3.63, 3.8) is 0 Å². The number of furan rings is 1. The van der Waals surface area contributed by atoms with Crippen molar-refractivity contribution in [3.05, 3.63) is 188 Å². The van der Waals surface area contributed by atoms with Crippen molar-refractivity contribution in [1.82, 2.24) is 20.2 Å². The normalized spacial score (nSPS) is 11.7. The number of fused-ring (bicyclic) bond motifs is 8. The topological polar surface area (TPSA) is 81.1 Å². The number of anilines is 3. The van der Waals surface area contributed by atoms with Crippen LogP contribution in [0.3, 0.4) is 0 Å². The van der Waals surface area contributed by atoms with Crippen LogP contribution >= 0.6 is 0 Å². The van der Waals surface area contributed by atoms with Gasteiger partial charge >= 0.3 is 0 Å². The van der Waals surface area contributed by atoms with Crippen LogP contribution in [0.25, 0.3) is 99.5 Å². The van der Waals surface area contributed by atoms with Gasteiger partial charge in [-0.3, -0.25) is 4.98 Å². The number of oxazole rings is 1. The minimum absolute atomic E-state index is 0.591. The Hall–Kier alpha value is -8.16. The van der Waals surface area contributed by atoms with Crippen LogP contribution in [0.5, 0.6) is 0 Å². The maximum absolute atomic E-state index is 6.13. The molecule has 0 spiro atoms. The summed E-state index contributed by atoms with van der Waals surface area (Å²) >= 11 is 0. The summed E-state index contributed by atoms with van der Waals surface area (Å²) in [6, 6.07) is 62.8. The molecule has 0 fully saturated rings. The number of para-hydroxylation sites is 3. The van der Waals surface area contributed by atoms with Crippen molar-refractivity contribution in [3.8, 4) is 34.0 Å². The van der Waals surface area contributed by atoms with E-state index in [9.17, 15) is 0 Å². The van der Waals surface area contributed by atoms with Crippen LogP contribution in [0.2, 0.25) is 0 Å². The van der Waals surface area contributed by atoms with Crippen molar-refractivity contribution in [1.29, 1.82) is 0 Å². The van der Waals surface area contributed by atoms with Crippen molar-refractivity contribution in [2.24, 2.45) is 0 Å². The Bertz CT molecular complexity index is 3540. The third kappa shape index (κ3) is 5.67. The van der Waals surface area contributed by atoms with E-state index < -0.39 is 0 Å². The monoisotopic (exact) mass is 757 g/mol. The Labute approximate surface area is 337 Å². The fourth-order valence-corrected chi connectivity index (χ4v) is 8.23. The molecular weight excluding hydrogens is 727 g/mol. The number of pyridine rings is 1. The quantitative estimate of drug-likeness (QED) is 0.156. The SMILES string of the molecule is c1ccc2cc(-c3ccc4c(ccc5cc(N(c6ccc(-c7cc8oc9ccccc9c8nn7)cc6)c6ccc(-c7nc8ccccc8o7)cc6)ccc54)c3)ncc2c1. The van der Waals surface area contributed by atoms with Gasteiger partial charge < -0.3 is 13.7 Å². The first-order valence-corrected chi connectivity index (χ1v) is 19.5. The molecule has 0 unspecified atom stereocenters. The van der Waals surface area contributed by atoms with Crippen molar-refractivity contribution in [2.75, 3.05) is 4.90 Å². The number of hydrogen-bond donors (Lipinski definition) is 0. The fraction of sp³-hybridized carbons (Fsp3) is 0. The third-order valence-corrected chi connectivity index (χ3v) is 11.2. The molecule has 59 heavy (non-hydrogen) atoms. The van der Waals surface area contributed by atoms with Crippen LogP contribution in [0.1, 0.15) is 0 Å². The average molecular weight is 758 g/mol. The van der Waals surface area contributed by atoms with Gasteiger partial charge in [-0.15, -0.1) is 10.2 Å². The zero-order chi connectivity index (χ0) is 38.9. The summed E-state index contributed by atoms with van der Waals surface area (Å²) in [7, 11) is 0. The molecular formula is C52H31N5O2. The van der Waals surface area contributed by atoms with E-state index in [0.717, 1.165) is 83.5 Å². The molecule has 7 nitrogen and oxygen atoms in total. The first-order chi connectivity index (χ1) is 29.2. The summed E-state index contributed by atoms with van der Waals surface area (Å²) in [6.45, 7) is 0. The summed E-state index contributed by atoms with van der Waals surface area (Å²) in [5.41, 5.74) is 11.5. The standard InChI is InChI=1S/C52H31N5O2/c1-2-8-38-31-53-46(29-34(38)7-1)37-19-25-42-35(27-37)13-14-36-28-41(24-26-43(36)42)57(40-22-17-33(18-23-40)52-54-45-10-4-6-12-49(45)59-52)39-20-15-32(16-21-39)47-30-50-51(56-55-47)44-9-3-5-11-48(44)58-50/h1-31H. The van der Waals surface area contributed by atoms with E-state index in [1.54, 1.807) is 0 Å². The van der Waals surface area contributed by atoms with Gasteiger partial charge in [-0.25, -0.2) is 4.98 Å². The van der Waals surface area contributed by atoms with Gasteiger partial charge in [-0.2, -0.15) is 0 Å². The molecule has 0 amide bonds. The first kappa shape index (κ1) is 33.0. The van der Waals surface area contributed by atoms with Crippen LogP contribution in [0, 0.1) is 0 Å². The maximum Gasteiger partial charge on any atom is 0.227 e. The minimum Gasteiger partial charge on any atom is -0.454 e. The molecule has 0 aliphatic heterocycles. The fourth-order valence-electron chi connectivity index (χ4n) is 8.23. The summed E-state index contributed by atoms with van der Waals surface area (Å²) in [6.07, 6.45) is 1.95. The lowest BCUT2D eigenvalue weighted by molar-refractivity contribution is 0.620. The Morgan fingerprint density at radius 3 is 1.86 bits per heavy atom. The minimum atomic E-state index is 0.591. The van der Waals surface area contributed by atoms with Crippen molar-refractivity contribution < 1.29 is 8.83 Å². The molecule has 4 aromatic heterocycles. The van der Waals surface area contributed by atoms with Gasteiger partial charge in [0.15, 0.2) is 11.2 Å². The van der Waals surface area contributed by atoms with Gasteiger partial charge in [-0.05, 0) is 112 Å². The number of aromatic nitrogens is 4. The molecule has 0 aliphatic rings. The number of hydrogen-bond acceptors (Lipinski definition) is 7. The van der Waals surface area contributed by atoms with E-state index in [2.05, 4.69) is 136 Å². The molecule has 0 saturated heterocycles. The van der Waals surface area contributed by atoms with Crippen LogP contribution in [-0.4, -0.2) is 20.2 Å². The second-order valence-corrected chi connectivity index (χ2v) is 14.8. The lowest BCUT2D eigenvalue weighted by atomic mass is 9.98. The molecule has 0 aliphatic carbocycles. The van der Waals surface area contributed by atoms with Crippen LogP contribution in [-0.2, 0) is 0 Å². The van der Waals surface area contributed by atoms with E-state index in [0.29, 0.717) is 11.5 Å². The van der Waals surface area contributed by atoms with E-state index in [1.807, 2.05) is 66.9 Å². The molecule has 276 valence electrons. The van der Waals surface area contributed by atoms with Gasteiger partial charge in [0.05, 0.1) is 11.4 Å². The van der Waals surface area contributed by atoms with Gasteiger partial charge in [-0.1, -0.05) is 91.0 Å². The molecule has 0 N–H and O–H groups in total.